The van der Waals surface area contributed by atoms with Crippen molar-refractivity contribution in [2.24, 2.45) is 17.8 Å². The van der Waals surface area contributed by atoms with Gasteiger partial charge in [-0.15, -0.1) is 5.10 Å². The Labute approximate surface area is 116 Å². The zero-order chi connectivity index (χ0) is 13.7. The first-order valence-corrected chi connectivity index (χ1v) is 7.28. The largest absolute Gasteiger partial charge is 0.478 e. The van der Waals surface area contributed by atoms with E-state index in [1.807, 2.05) is 10.7 Å². The minimum atomic E-state index is -0.942. The maximum absolute atomic E-state index is 11.2. The lowest BCUT2D eigenvalue weighted by atomic mass is 9.89. The van der Waals surface area contributed by atoms with E-state index in [1.165, 1.54) is 25.7 Å². The van der Waals surface area contributed by atoms with Gasteiger partial charge in [-0.2, -0.15) is 0 Å². The third-order valence-electron chi connectivity index (χ3n) is 5.07. The van der Waals surface area contributed by atoms with E-state index in [9.17, 15) is 9.90 Å². The van der Waals surface area contributed by atoms with E-state index in [1.54, 1.807) is 12.1 Å². The molecule has 4 rings (SSSR count). The van der Waals surface area contributed by atoms with Crippen molar-refractivity contribution in [3.63, 3.8) is 0 Å². The average Bonchev–Trinajstić information content (AvgIpc) is 3.14. The topological polar surface area (TPSA) is 68.0 Å². The summed E-state index contributed by atoms with van der Waals surface area (Å²) in [5, 5.41) is 17.5. The van der Waals surface area contributed by atoms with E-state index in [4.69, 9.17) is 0 Å². The third kappa shape index (κ3) is 1.72. The van der Waals surface area contributed by atoms with Gasteiger partial charge < -0.3 is 5.11 Å². The Bertz CT molecular complexity index is 679. The molecule has 5 nitrogen and oxygen atoms in total. The minimum absolute atomic E-state index is 0.238. The number of carboxylic acids is 1. The van der Waals surface area contributed by atoms with Gasteiger partial charge in [0.1, 0.15) is 5.52 Å². The number of benzene rings is 1. The fourth-order valence-electron chi connectivity index (χ4n) is 4.12. The molecule has 2 aliphatic rings. The van der Waals surface area contributed by atoms with Crippen molar-refractivity contribution in [1.82, 2.24) is 15.0 Å². The Morgan fingerprint density at radius 1 is 1.35 bits per heavy atom. The summed E-state index contributed by atoms with van der Waals surface area (Å²) in [5.41, 5.74) is 1.58. The summed E-state index contributed by atoms with van der Waals surface area (Å²) in [5.74, 6) is 1.49. The molecule has 2 bridgehead atoms. The summed E-state index contributed by atoms with van der Waals surface area (Å²) < 4.78 is 1.90. The van der Waals surface area contributed by atoms with Crippen LogP contribution in [-0.2, 0) is 6.54 Å². The van der Waals surface area contributed by atoms with Crippen molar-refractivity contribution in [1.29, 1.82) is 0 Å². The molecule has 2 aliphatic carbocycles. The van der Waals surface area contributed by atoms with Crippen LogP contribution in [0, 0.1) is 17.8 Å². The molecule has 3 unspecified atom stereocenters. The molecule has 3 atom stereocenters. The molecule has 1 heterocycles. The molecular weight excluding hydrogens is 254 g/mol. The Hall–Kier alpha value is -1.91. The van der Waals surface area contributed by atoms with Crippen LogP contribution in [0.3, 0.4) is 0 Å². The second kappa shape index (κ2) is 4.30. The van der Waals surface area contributed by atoms with Gasteiger partial charge in [0.25, 0.3) is 0 Å². The molecule has 1 N–H and O–H groups in total. The highest BCUT2D eigenvalue weighted by molar-refractivity contribution is 6.00. The molecule has 1 aromatic carbocycles. The first-order chi connectivity index (χ1) is 9.72. The number of aromatic carboxylic acids is 1. The number of carboxylic acid groups (broad SMARTS) is 1. The van der Waals surface area contributed by atoms with Crippen LogP contribution >= 0.6 is 0 Å². The number of nitrogens with zero attached hydrogens (tertiary/aromatic N) is 3. The molecule has 0 amide bonds. The lowest BCUT2D eigenvalue weighted by molar-refractivity contribution is 0.0699. The molecule has 20 heavy (non-hydrogen) atoms. The zero-order valence-corrected chi connectivity index (χ0v) is 11.2. The number of hydrogen-bond acceptors (Lipinski definition) is 3. The van der Waals surface area contributed by atoms with Crippen molar-refractivity contribution in [2.45, 2.75) is 32.2 Å². The third-order valence-corrected chi connectivity index (χ3v) is 5.07. The number of fused-ring (bicyclic) bond motifs is 3. The van der Waals surface area contributed by atoms with E-state index < -0.39 is 5.97 Å². The summed E-state index contributed by atoms with van der Waals surface area (Å²) in [6.07, 6.45) is 5.41. The van der Waals surface area contributed by atoms with Crippen LogP contribution in [0.4, 0.5) is 0 Å². The van der Waals surface area contributed by atoms with Gasteiger partial charge in [0, 0.05) is 6.54 Å². The van der Waals surface area contributed by atoms with Gasteiger partial charge in [-0.05, 0) is 49.1 Å². The fraction of sp³-hybridized carbons (Fsp3) is 0.533. The summed E-state index contributed by atoms with van der Waals surface area (Å²) in [6, 6.07) is 5.27. The molecule has 2 saturated carbocycles. The number of aromatic nitrogens is 3. The summed E-state index contributed by atoms with van der Waals surface area (Å²) in [6.45, 7) is 0.876. The van der Waals surface area contributed by atoms with Crippen molar-refractivity contribution >= 4 is 17.0 Å². The van der Waals surface area contributed by atoms with Crippen molar-refractivity contribution < 1.29 is 9.90 Å². The fourth-order valence-corrected chi connectivity index (χ4v) is 4.12. The van der Waals surface area contributed by atoms with Crippen LogP contribution in [0.25, 0.3) is 11.0 Å². The highest BCUT2D eigenvalue weighted by Crippen LogP contribution is 2.48. The van der Waals surface area contributed by atoms with Gasteiger partial charge in [-0.1, -0.05) is 17.7 Å². The number of hydrogen-bond donors (Lipinski definition) is 1. The van der Waals surface area contributed by atoms with E-state index in [0.717, 1.165) is 23.9 Å². The van der Waals surface area contributed by atoms with Gasteiger partial charge >= 0.3 is 5.97 Å². The SMILES string of the molecule is O=C(O)c1cccc2c1nnn2CC1CC2CCC1C2. The maximum Gasteiger partial charge on any atom is 0.338 e. The normalized spacial score (nSPS) is 28.3. The predicted octanol–water partition coefficient (Wildman–Crippen LogP) is 2.57. The average molecular weight is 271 g/mol. The van der Waals surface area contributed by atoms with Crippen LogP contribution in [0.2, 0.25) is 0 Å². The smallest absolute Gasteiger partial charge is 0.338 e. The second-order valence-electron chi connectivity index (χ2n) is 6.18. The highest BCUT2D eigenvalue weighted by atomic mass is 16.4. The van der Waals surface area contributed by atoms with Gasteiger partial charge in [0.2, 0.25) is 0 Å². The van der Waals surface area contributed by atoms with Crippen molar-refractivity contribution in [2.75, 3.05) is 0 Å². The Balaban J connectivity index is 1.67. The molecule has 104 valence electrons. The standard InChI is InChI=1S/C15H17N3O2/c19-15(20)12-2-1-3-13-14(12)16-17-18(13)8-11-7-9-4-5-10(11)6-9/h1-3,9-11H,4-8H2,(H,19,20). The van der Waals surface area contributed by atoms with Gasteiger partial charge in [0.15, 0.2) is 0 Å². The van der Waals surface area contributed by atoms with Gasteiger partial charge in [0.05, 0.1) is 11.1 Å². The van der Waals surface area contributed by atoms with Crippen LogP contribution in [0.15, 0.2) is 18.2 Å². The first-order valence-electron chi connectivity index (χ1n) is 7.28. The molecular formula is C15H17N3O2. The van der Waals surface area contributed by atoms with Crippen LogP contribution in [-0.4, -0.2) is 26.1 Å². The van der Waals surface area contributed by atoms with E-state index in [0.29, 0.717) is 11.4 Å². The van der Waals surface area contributed by atoms with Crippen molar-refractivity contribution in [3.05, 3.63) is 23.8 Å². The molecule has 5 heteroatoms. The molecule has 0 saturated heterocycles. The molecule has 0 spiro atoms. The monoisotopic (exact) mass is 271 g/mol. The molecule has 1 aromatic heterocycles. The molecule has 0 aliphatic heterocycles. The van der Waals surface area contributed by atoms with Crippen LogP contribution in [0.1, 0.15) is 36.0 Å². The van der Waals surface area contributed by atoms with E-state index >= 15 is 0 Å². The van der Waals surface area contributed by atoms with Gasteiger partial charge in [-0.3, -0.25) is 0 Å². The molecule has 2 aromatic rings. The Morgan fingerprint density at radius 2 is 2.25 bits per heavy atom. The summed E-state index contributed by atoms with van der Waals surface area (Å²) in [7, 11) is 0. The van der Waals surface area contributed by atoms with E-state index in [-0.39, 0.29) is 5.56 Å². The second-order valence-corrected chi connectivity index (χ2v) is 6.18. The van der Waals surface area contributed by atoms with E-state index in [2.05, 4.69) is 10.3 Å². The van der Waals surface area contributed by atoms with Crippen molar-refractivity contribution in [3.8, 4) is 0 Å². The highest BCUT2D eigenvalue weighted by Gasteiger charge is 2.39. The Kier molecular flexibility index (Phi) is 2.55. The van der Waals surface area contributed by atoms with Crippen LogP contribution in [0.5, 0.6) is 0 Å². The lowest BCUT2D eigenvalue weighted by Crippen LogP contribution is -2.18. The maximum atomic E-state index is 11.2. The minimum Gasteiger partial charge on any atom is -0.478 e. The van der Waals surface area contributed by atoms with Gasteiger partial charge in [-0.25, -0.2) is 9.48 Å². The number of rotatable bonds is 3. The predicted molar refractivity (Wildman–Crippen MR) is 73.4 cm³/mol. The Morgan fingerprint density at radius 3 is 2.95 bits per heavy atom. The number of carbonyl (C=O) groups is 1. The summed E-state index contributed by atoms with van der Waals surface area (Å²) in [4.78, 5) is 11.2. The molecule has 2 fully saturated rings. The van der Waals surface area contributed by atoms with Crippen LogP contribution < -0.4 is 0 Å². The lowest BCUT2D eigenvalue weighted by Gasteiger charge is -2.21. The quantitative estimate of drug-likeness (QED) is 0.931. The molecule has 0 radical (unpaired) electrons. The first kappa shape index (κ1) is 11.9. The summed E-state index contributed by atoms with van der Waals surface area (Å²) >= 11 is 0. The zero-order valence-electron chi connectivity index (χ0n) is 11.2.